The summed E-state index contributed by atoms with van der Waals surface area (Å²) < 4.78 is 0. The third-order valence-electron chi connectivity index (χ3n) is 3.80. The molecule has 23 heavy (non-hydrogen) atoms. The van der Waals surface area contributed by atoms with Crippen molar-refractivity contribution in [2.75, 3.05) is 5.73 Å². The predicted octanol–water partition coefficient (Wildman–Crippen LogP) is 3.88. The lowest BCUT2D eigenvalue weighted by molar-refractivity contribution is 1.27. The number of rotatable bonds is 2. The van der Waals surface area contributed by atoms with Crippen LogP contribution in [0.3, 0.4) is 0 Å². The zero-order valence-electron chi connectivity index (χ0n) is 13.0. The fourth-order valence-corrected chi connectivity index (χ4v) is 2.58. The number of benzene rings is 1. The van der Waals surface area contributed by atoms with Gasteiger partial charge < -0.3 is 5.73 Å². The van der Waals surface area contributed by atoms with Crippen LogP contribution in [0, 0.1) is 25.2 Å². The highest BCUT2D eigenvalue weighted by atomic mass is 14.8. The van der Waals surface area contributed by atoms with Crippen molar-refractivity contribution in [3.05, 3.63) is 65.5 Å². The molecule has 0 aliphatic carbocycles. The van der Waals surface area contributed by atoms with Crippen LogP contribution in [0.1, 0.15) is 16.7 Å². The second kappa shape index (κ2) is 5.90. The van der Waals surface area contributed by atoms with Gasteiger partial charge in [0.25, 0.3) is 0 Å². The maximum atomic E-state index is 9.50. The Morgan fingerprint density at radius 2 is 1.91 bits per heavy atom. The molecule has 0 atom stereocenters. The molecular formula is C19H16N4. The van der Waals surface area contributed by atoms with E-state index < -0.39 is 0 Å². The molecule has 2 N–H and O–H groups in total. The zero-order chi connectivity index (χ0) is 16.4. The third-order valence-corrected chi connectivity index (χ3v) is 3.80. The monoisotopic (exact) mass is 300 g/mol. The number of aromatic nitrogens is 2. The molecule has 0 amide bonds. The lowest BCUT2D eigenvalue weighted by Gasteiger charge is -2.13. The second-order valence-electron chi connectivity index (χ2n) is 5.49. The SMILES string of the molecule is Cc1ccc(C)c(-c2cc(-c3cccnc3)nc(N)c2C#N)c1. The molecule has 112 valence electrons. The maximum Gasteiger partial charge on any atom is 0.142 e. The molecule has 2 heterocycles. The first-order valence-corrected chi connectivity index (χ1v) is 7.29. The number of nitriles is 1. The van der Waals surface area contributed by atoms with Crippen molar-refractivity contribution in [1.29, 1.82) is 5.26 Å². The van der Waals surface area contributed by atoms with Gasteiger partial charge >= 0.3 is 0 Å². The molecule has 0 spiro atoms. The number of pyridine rings is 2. The van der Waals surface area contributed by atoms with Gasteiger partial charge in [-0.05, 0) is 43.2 Å². The second-order valence-corrected chi connectivity index (χ2v) is 5.49. The molecule has 0 saturated carbocycles. The van der Waals surface area contributed by atoms with Gasteiger partial charge in [0.2, 0.25) is 0 Å². The molecule has 0 bridgehead atoms. The van der Waals surface area contributed by atoms with Gasteiger partial charge in [0.05, 0.1) is 5.69 Å². The highest BCUT2D eigenvalue weighted by Gasteiger charge is 2.15. The van der Waals surface area contributed by atoms with Gasteiger partial charge in [0.1, 0.15) is 17.5 Å². The Morgan fingerprint density at radius 3 is 2.61 bits per heavy atom. The topological polar surface area (TPSA) is 75.6 Å². The van der Waals surface area contributed by atoms with E-state index in [0.29, 0.717) is 11.3 Å². The van der Waals surface area contributed by atoms with Crippen molar-refractivity contribution >= 4 is 5.82 Å². The highest BCUT2D eigenvalue weighted by molar-refractivity contribution is 5.81. The van der Waals surface area contributed by atoms with Gasteiger partial charge in [-0.2, -0.15) is 5.26 Å². The van der Waals surface area contributed by atoms with Crippen LogP contribution in [0.15, 0.2) is 48.8 Å². The molecular weight excluding hydrogens is 284 g/mol. The molecule has 3 aromatic rings. The minimum Gasteiger partial charge on any atom is -0.383 e. The third kappa shape index (κ3) is 2.77. The van der Waals surface area contributed by atoms with Crippen LogP contribution >= 0.6 is 0 Å². The van der Waals surface area contributed by atoms with Crippen molar-refractivity contribution in [2.24, 2.45) is 0 Å². The van der Waals surface area contributed by atoms with Crippen LogP contribution in [0.2, 0.25) is 0 Å². The summed E-state index contributed by atoms with van der Waals surface area (Å²) >= 11 is 0. The van der Waals surface area contributed by atoms with Gasteiger partial charge in [-0.1, -0.05) is 23.8 Å². The normalized spacial score (nSPS) is 10.3. The average Bonchev–Trinajstić information content (AvgIpc) is 2.57. The first kappa shape index (κ1) is 14.7. The van der Waals surface area contributed by atoms with Crippen LogP contribution in [0.5, 0.6) is 0 Å². The average molecular weight is 300 g/mol. The van der Waals surface area contributed by atoms with Crippen LogP contribution in [0.4, 0.5) is 5.82 Å². The molecule has 2 aromatic heterocycles. The fourth-order valence-electron chi connectivity index (χ4n) is 2.58. The van der Waals surface area contributed by atoms with Crippen molar-refractivity contribution in [3.8, 4) is 28.5 Å². The first-order chi connectivity index (χ1) is 11.1. The van der Waals surface area contributed by atoms with E-state index in [2.05, 4.69) is 28.2 Å². The van der Waals surface area contributed by atoms with Gasteiger partial charge in [-0.15, -0.1) is 0 Å². The Labute approximate surface area is 135 Å². The molecule has 0 radical (unpaired) electrons. The largest absolute Gasteiger partial charge is 0.383 e. The highest BCUT2D eigenvalue weighted by Crippen LogP contribution is 2.33. The van der Waals surface area contributed by atoms with Crippen LogP contribution in [-0.2, 0) is 0 Å². The number of nitrogen functional groups attached to an aromatic ring is 1. The van der Waals surface area contributed by atoms with E-state index in [9.17, 15) is 5.26 Å². The lowest BCUT2D eigenvalue weighted by atomic mass is 9.94. The van der Waals surface area contributed by atoms with Gasteiger partial charge in [0.15, 0.2) is 0 Å². The summed E-state index contributed by atoms with van der Waals surface area (Å²) in [7, 11) is 0. The minimum absolute atomic E-state index is 0.241. The van der Waals surface area contributed by atoms with Crippen molar-refractivity contribution in [3.63, 3.8) is 0 Å². The summed E-state index contributed by atoms with van der Waals surface area (Å²) in [5.74, 6) is 0.241. The summed E-state index contributed by atoms with van der Waals surface area (Å²) in [6.45, 7) is 4.05. The van der Waals surface area contributed by atoms with Crippen molar-refractivity contribution < 1.29 is 0 Å². The first-order valence-electron chi connectivity index (χ1n) is 7.29. The quantitative estimate of drug-likeness (QED) is 0.779. The van der Waals surface area contributed by atoms with E-state index in [4.69, 9.17) is 5.73 Å². The summed E-state index contributed by atoms with van der Waals surface area (Å²) in [5.41, 5.74) is 12.1. The Hall–Kier alpha value is -3.19. The lowest BCUT2D eigenvalue weighted by Crippen LogP contribution is -2.00. The van der Waals surface area contributed by atoms with Crippen LogP contribution < -0.4 is 5.73 Å². The predicted molar refractivity (Wildman–Crippen MR) is 91.5 cm³/mol. The van der Waals surface area contributed by atoms with E-state index in [0.717, 1.165) is 27.8 Å². The van der Waals surface area contributed by atoms with E-state index >= 15 is 0 Å². The number of anilines is 1. The van der Waals surface area contributed by atoms with Crippen LogP contribution in [0.25, 0.3) is 22.4 Å². The van der Waals surface area contributed by atoms with Gasteiger partial charge in [-0.3, -0.25) is 4.98 Å². The Kier molecular flexibility index (Phi) is 3.78. The zero-order valence-corrected chi connectivity index (χ0v) is 13.0. The summed E-state index contributed by atoms with van der Waals surface area (Å²) in [5, 5.41) is 9.50. The van der Waals surface area contributed by atoms with Gasteiger partial charge in [0, 0.05) is 23.5 Å². The number of aryl methyl sites for hydroxylation is 2. The van der Waals surface area contributed by atoms with E-state index in [1.54, 1.807) is 12.4 Å². The van der Waals surface area contributed by atoms with Crippen LogP contribution in [-0.4, -0.2) is 9.97 Å². The van der Waals surface area contributed by atoms with Crippen molar-refractivity contribution in [1.82, 2.24) is 9.97 Å². The Balaban J connectivity index is 2.29. The molecule has 0 aliphatic rings. The fraction of sp³-hybridized carbons (Fsp3) is 0.105. The van der Waals surface area contributed by atoms with E-state index in [-0.39, 0.29) is 5.82 Å². The maximum absolute atomic E-state index is 9.50. The number of nitrogens with zero attached hydrogens (tertiary/aromatic N) is 3. The summed E-state index contributed by atoms with van der Waals surface area (Å²) in [6.07, 6.45) is 3.45. The molecule has 4 nitrogen and oxygen atoms in total. The molecule has 0 saturated heterocycles. The molecule has 0 unspecified atom stereocenters. The Bertz CT molecular complexity index is 909. The van der Waals surface area contributed by atoms with E-state index in [1.807, 2.05) is 38.1 Å². The molecule has 3 rings (SSSR count). The summed E-state index contributed by atoms with van der Waals surface area (Å²) in [6, 6.07) is 14.0. The van der Waals surface area contributed by atoms with E-state index in [1.165, 1.54) is 0 Å². The molecule has 4 heteroatoms. The van der Waals surface area contributed by atoms with Gasteiger partial charge in [-0.25, -0.2) is 4.98 Å². The molecule has 1 aromatic carbocycles. The number of hydrogen-bond acceptors (Lipinski definition) is 4. The molecule has 0 fully saturated rings. The number of nitrogens with two attached hydrogens (primary N) is 1. The Morgan fingerprint density at radius 1 is 1.09 bits per heavy atom. The summed E-state index contributed by atoms with van der Waals surface area (Å²) in [4.78, 5) is 8.49. The molecule has 0 aliphatic heterocycles. The smallest absolute Gasteiger partial charge is 0.142 e. The van der Waals surface area contributed by atoms with Crippen molar-refractivity contribution in [2.45, 2.75) is 13.8 Å². The number of hydrogen-bond donors (Lipinski definition) is 1. The minimum atomic E-state index is 0.241. The standard InChI is InChI=1S/C19H16N4/c1-12-5-6-13(2)15(8-12)16-9-18(14-4-3-7-22-11-14)23-19(21)17(16)10-20/h3-9,11H,1-2H3,(H2,21,23).